The van der Waals surface area contributed by atoms with Crippen molar-refractivity contribution in [3.8, 4) is 0 Å². The molecule has 0 bridgehead atoms. The Balaban J connectivity index is 2.07. The lowest BCUT2D eigenvalue weighted by Crippen LogP contribution is -2.47. The van der Waals surface area contributed by atoms with E-state index >= 15 is 0 Å². The van der Waals surface area contributed by atoms with Crippen LogP contribution in [0.25, 0.3) is 0 Å². The number of nitrogens with zero attached hydrogens (tertiary/aromatic N) is 4. The molecule has 20 heavy (non-hydrogen) atoms. The molecule has 5 heteroatoms. The highest BCUT2D eigenvalue weighted by Gasteiger charge is 2.28. The summed E-state index contributed by atoms with van der Waals surface area (Å²) in [5.41, 5.74) is 2.16. The summed E-state index contributed by atoms with van der Waals surface area (Å²) >= 11 is 0. The van der Waals surface area contributed by atoms with Gasteiger partial charge in [-0.3, -0.25) is 9.58 Å². The van der Waals surface area contributed by atoms with Gasteiger partial charge in [-0.1, -0.05) is 0 Å². The SMILES string of the molecule is CCn1nc(C)cc1CC(O)C1CN(C)CCCN1C. The largest absolute Gasteiger partial charge is 0.391 e. The van der Waals surface area contributed by atoms with Crippen LogP contribution in [0.4, 0.5) is 0 Å². The number of aryl methyl sites for hydroxylation is 2. The van der Waals surface area contributed by atoms with E-state index in [9.17, 15) is 5.11 Å². The predicted molar refractivity (Wildman–Crippen MR) is 80.9 cm³/mol. The van der Waals surface area contributed by atoms with Crippen LogP contribution in [-0.2, 0) is 13.0 Å². The third-order valence-electron chi connectivity index (χ3n) is 4.26. The molecule has 2 heterocycles. The van der Waals surface area contributed by atoms with Crippen LogP contribution in [0.2, 0.25) is 0 Å². The van der Waals surface area contributed by atoms with Crippen molar-refractivity contribution in [2.24, 2.45) is 0 Å². The molecule has 1 aliphatic rings. The van der Waals surface area contributed by atoms with E-state index in [0.29, 0.717) is 6.42 Å². The van der Waals surface area contributed by atoms with Crippen LogP contribution in [0.5, 0.6) is 0 Å². The lowest BCUT2D eigenvalue weighted by molar-refractivity contribution is 0.0567. The standard InChI is InChI=1S/C15H28N4O/c1-5-19-13(9-12(2)16-19)10-15(20)14-11-17(3)7-6-8-18(14)4/h9,14-15,20H,5-8,10-11H2,1-4H3. The molecule has 0 aliphatic carbocycles. The predicted octanol–water partition coefficient (Wildman–Crippen LogP) is 0.751. The fourth-order valence-electron chi connectivity index (χ4n) is 3.11. The minimum atomic E-state index is -0.345. The Morgan fingerprint density at radius 1 is 1.40 bits per heavy atom. The van der Waals surface area contributed by atoms with E-state index in [1.54, 1.807) is 0 Å². The summed E-state index contributed by atoms with van der Waals surface area (Å²) in [6.07, 6.45) is 1.50. The van der Waals surface area contributed by atoms with E-state index in [0.717, 1.165) is 37.6 Å². The molecule has 2 atom stereocenters. The maximum Gasteiger partial charge on any atom is 0.0762 e. The monoisotopic (exact) mass is 280 g/mol. The van der Waals surface area contributed by atoms with Gasteiger partial charge >= 0.3 is 0 Å². The van der Waals surface area contributed by atoms with Gasteiger partial charge in [0.25, 0.3) is 0 Å². The van der Waals surface area contributed by atoms with Crippen molar-refractivity contribution in [3.63, 3.8) is 0 Å². The molecule has 2 unspecified atom stereocenters. The number of hydrogen-bond donors (Lipinski definition) is 1. The molecule has 0 amide bonds. The molecule has 1 N–H and O–H groups in total. The number of aliphatic hydroxyl groups excluding tert-OH is 1. The van der Waals surface area contributed by atoms with E-state index in [4.69, 9.17) is 0 Å². The van der Waals surface area contributed by atoms with Gasteiger partial charge in [0.1, 0.15) is 0 Å². The van der Waals surface area contributed by atoms with Gasteiger partial charge in [-0.05, 0) is 53.5 Å². The molecule has 114 valence electrons. The van der Waals surface area contributed by atoms with Gasteiger partial charge < -0.3 is 10.0 Å². The first kappa shape index (κ1) is 15.5. The van der Waals surface area contributed by atoms with E-state index in [-0.39, 0.29) is 12.1 Å². The van der Waals surface area contributed by atoms with Crippen molar-refractivity contribution in [1.29, 1.82) is 0 Å². The highest BCUT2D eigenvalue weighted by atomic mass is 16.3. The topological polar surface area (TPSA) is 44.5 Å². The summed E-state index contributed by atoms with van der Waals surface area (Å²) in [6.45, 7) is 8.05. The molecule has 1 aliphatic heterocycles. The van der Waals surface area contributed by atoms with Gasteiger partial charge in [-0.15, -0.1) is 0 Å². The first-order valence-electron chi connectivity index (χ1n) is 7.61. The lowest BCUT2D eigenvalue weighted by atomic mass is 10.0. The van der Waals surface area contributed by atoms with Gasteiger partial charge in [-0.25, -0.2) is 0 Å². The third-order valence-corrected chi connectivity index (χ3v) is 4.26. The Bertz CT molecular complexity index is 432. The molecule has 0 radical (unpaired) electrons. The number of likely N-dealkylation sites (N-methyl/N-ethyl adjacent to an activating group) is 2. The second kappa shape index (κ2) is 6.70. The van der Waals surface area contributed by atoms with Crippen molar-refractivity contribution in [1.82, 2.24) is 19.6 Å². The summed E-state index contributed by atoms with van der Waals surface area (Å²) < 4.78 is 2.00. The Morgan fingerprint density at radius 3 is 2.85 bits per heavy atom. The van der Waals surface area contributed by atoms with Crippen LogP contribution >= 0.6 is 0 Å². The Morgan fingerprint density at radius 2 is 2.15 bits per heavy atom. The average molecular weight is 280 g/mol. The molecular formula is C15H28N4O. The molecule has 0 saturated carbocycles. The Hall–Kier alpha value is -0.910. The van der Waals surface area contributed by atoms with Crippen LogP contribution in [0.15, 0.2) is 6.07 Å². The van der Waals surface area contributed by atoms with E-state index in [1.165, 1.54) is 6.42 Å². The van der Waals surface area contributed by atoms with E-state index < -0.39 is 0 Å². The van der Waals surface area contributed by atoms with Crippen LogP contribution in [0, 0.1) is 6.92 Å². The van der Waals surface area contributed by atoms with Gasteiger partial charge in [0.05, 0.1) is 11.8 Å². The molecule has 0 aromatic carbocycles. The Kier molecular flexibility index (Phi) is 5.18. The first-order valence-corrected chi connectivity index (χ1v) is 7.61. The van der Waals surface area contributed by atoms with Crippen molar-refractivity contribution >= 4 is 0 Å². The molecule has 2 rings (SSSR count). The minimum Gasteiger partial charge on any atom is -0.391 e. The lowest BCUT2D eigenvalue weighted by Gasteiger charge is -2.31. The molecule has 1 aromatic rings. The highest BCUT2D eigenvalue weighted by molar-refractivity contribution is 5.10. The van der Waals surface area contributed by atoms with Crippen LogP contribution in [0.3, 0.4) is 0 Å². The van der Waals surface area contributed by atoms with Crippen LogP contribution in [0.1, 0.15) is 24.7 Å². The van der Waals surface area contributed by atoms with Gasteiger partial charge in [0, 0.05) is 31.2 Å². The summed E-state index contributed by atoms with van der Waals surface area (Å²) in [6, 6.07) is 2.29. The van der Waals surface area contributed by atoms with Gasteiger partial charge in [-0.2, -0.15) is 5.10 Å². The highest BCUT2D eigenvalue weighted by Crippen LogP contribution is 2.15. The first-order chi connectivity index (χ1) is 9.51. The summed E-state index contributed by atoms with van der Waals surface area (Å²) in [5, 5.41) is 15.1. The maximum atomic E-state index is 10.7. The van der Waals surface area contributed by atoms with Crippen molar-refractivity contribution < 1.29 is 5.11 Å². The molecule has 5 nitrogen and oxygen atoms in total. The van der Waals surface area contributed by atoms with E-state index in [2.05, 4.69) is 42.0 Å². The molecule has 1 saturated heterocycles. The van der Waals surface area contributed by atoms with Gasteiger partial charge in [0.2, 0.25) is 0 Å². The Labute approximate surface area is 122 Å². The fourth-order valence-corrected chi connectivity index (χ4v) is 3.11. The zero-order valence-corrected chi connectivity index (χ0v) is 13.2. The molecular weight excluding hydrogens is 252 g/mol. The van der Waals surface area contributed by atoms with Crippen molar-refractivity contribution in [2.75, 3.05) is 33.7 Å². The summed E-state index contributed by atoms with van der Waals surface area (Å²) in [7, 11) is 4.26. The third kappa shape index (κ3) is 3.59. The van der Waals surface area contributed by atoms with Gasteiger partial charge in [0.15, 0.2) is 0 Å². The molecule has 0 spiro atoms. The molecule has 1 fully saturated rings. The summed E-state index contributed by atoms with van der Waals surface area (Å²) in [4.78, 5) is 4.62. The molecule has 1 aromatic heterocycles. The maximum absolute atomic E-state index is 10.7. The fraction of sp³-hybridized carbons (Fsp3) is 0.800. The number of hydrogen-bond acceptors (Lipinski definition) is 4. The average Bonchev–Trinajstić information content (AvgIpc) is 2.65. The summed E-state index contributed by atoms with van der Waals surface area (Å²) in [5.74, 6) is 0. The second-order valence-electron chi connectivity index (χ2n) is 6.03. The minimum absolute atomic E-state index is 0.197. The zero-order valence-electron chi connectivity index (χ0n) is 13.2. The number of rotatable bonds is 4. The van der Waals surface area contributed by atoms with Crippen molar-refractivity contribution in [2.45, 2.75) is 45.4 Å². The van der Waals surface area contributed by atoms with Crippen molar-refractivity contribution in [3.05, 3.63) is 17.5 Å². The number of aromatic nitrogens is 2. The normalized spacial score (nSPS) is 23.8. The smallest absolute Gasteiger partial charge is 0.0762 e. The quantitative estimate of drug-likeness (QED) is 0.884. The van der Waals surface area contributed by atoms with Crippen LogP contribution in [-0.4, -0.2) is 70.6 Å². The second-order valence-corrected chi connectivity index (χ2v) is 6.03. The number of aliphatic hydroxyl groups is 1. The van der Waals surface area contributed by atoms with E-state index in [1.807, 2.05) is 11.6 Å². The van der Waals surface area contributed by atoms with Crippen LogP contribution < -0.4 is 0 Å². The zero-order chi connectivity index (χ0) is 14.7.